The minimum atomic E-state index is -2.50. The van der Waals surface area contributed by atoms with Gasteiger partial charge in [-0.2, -0.15) is 0 Å². The normalized spacial score (nSPS) is 14.9. The highest BCUT2D eigenvalue weighted by Crippen LogP contribution is 2.36. The number of methoxy groups -OCH3 is 1. The molecule has 0 fully saturated rings. The van der Waals surface area contributed by atoms with Gasteiger partial charge in [0.2, 0.25) is 0 Å². The van der Waals surface area contributed by atoms with Crippen LogP contribution in [0.25, 0.3) is 0 Å². The molecule has 1 aliphatic heterocycles. The quantitative estimate of drug-likeness (QED) is 0.568. The van der Waals surface area contributed by atoms with E-state index < -0.39 is 8.56 Å². The van der Waals surface area contributed by atoms with E-state index in [1.807, 2.05) is 73.8 Å². The summed E-state index contributed by atoms with van der Waals surface area (Å²) in [5.41, 5.74) is 3.58. The molecular formula is C22H21NO3Si. The van der Waals surface area contributed by atoms with Gasteiger partial charge in [-0.15, -0.1) is 0 Å². The van der Waals surface area contributed by atoms with Crippen molar-refractivity contribution in [2.75, 3.05) is 7.11 Å². The van der Waals surface area contributed by atoms with Gasteiger partial charge in [0.25, 0.3) is 0 Å². The fraction of sp³-hybridized carbons (Fsp3) is 0.136. The zero-order valence-electron chi connectivity index (χ0n) is 15.6. The summed E-state index contributed by atoms with van der Waals surface area (Å²) in [7, 11) is -0.852. The molecule has 0 saturated heterocycles. The minimum Gasteiger partial charge on any atom is -0.511 e. The monoisotopic (exact) mass is 375 g/mol. The summed E-state index contributed by atoms with van der Waals surface area (Å²) in [6.45, 7) is 4.06. The first kappa shape index (κ1) is 17.4. The Hall–Kier alpha value is -3.05. The summed E-state index contributed by atoms with van der Waals surface area (Å²) in [6, 6.07) is 23.8. The summed E-state index contributed by atoms with van der Waals surface area (Å²) in [5, 5.41) is 0. The molecule has 4 nitrogen and oxygen atoms in total. The van der Waals surface area contributed by atoms with Crippen molar-refractivity contribution in [1.29, 1.82) is 0 Å². The number of hydrogen-bond donors (Lipinski definition) is 0. The van der Waals surface area contributed by atoms with E-state index in [4.69, 9.17) is 18.6 Å². The van der Waals surface area contributed by atoms with E-state index in [1.165, 1.54) is 0 Å². The summed E-state index contributed by atoms with van der Waals surface area (Å²) < 4.78 is 18.1. The molecule has 3 aromatic rings. The van der Waals surface area contributed by atoms with Gasteiger partial charge in [0.05, 0.1) is 12.8 Å². The number of aliphatic imine (C=N–C) groups is 1. The first-order chi connectivity index (χ1) is 13.1. The highest BCUT2D eigenvalue weighted by atomic mass is 28.4. The molecule has 0 aromatic heterocycles. The molecule has 4 rings (SSSR count). The molecule has 0 aliphatic carbocycles. The van der Waals surface area contributed by atoms with Crippen LogP contribution in [0, 0.1) is 0 Å². The maximum Gasteiger partial charge on any atom is 0.454 e. The Morgan fingerprint density at radius 1 is 0.815 bits per heavy atom. The standard InChI is InChI=1S/C22H21NO3Si/c1-24-17-13-14-18-21(15-17)26-27(2,3)25-20-12-8-7-11-19(20)23-22(18)16-9-5-4-6-10-16/h4-15H,1-3H3. The van der Waals surface area contributed by atoms with Crippen molar-refractivity contribution in [3.05, 3.63) is 83.9 Å². The lowest BCUT2D eigenvalue weighted by atomic mass is 10.0. The van der Waals surface area contributed by atoms with Gasteiger partial charge in [-0.1, -0.05) is 42.5 Å². The lowest BCUT2D eigenvalue weighted by Gasteiger charge is -2.25. The minimum absolute atomic E-state index is 0.724. The van der Waals surface area contributed by atoms with Crippen molar-refractivity contribution in [2.45, 2.75) is 13.1 Å². The third-order valence-electron chi connectivity index (χ3n) is 4.30. The van der Waals surface area contributed by atoms with E-state index in [1.54, 1.807) is 7.11 Å². The average molecular weight is 376 g/mol. The Balaban J connectivity index is 2.00. The maximum absolute atomic E-state index is 6.41. The van der Waals surface area contributed by atoms with Crippen molar-refractivity contribution < 1.29 is 13.6 Å². The third-order valence-corrected chi connectivity index (χ3v) is 5.72. The van der Waals surface area contributed by atoms with Crippen molar-refractivity contribution in [1.82, 2.24) is 0 Å². The number of ether oxygens (including phenoxy) is 1. The largest absolute Gasteiger partial charge is 0.511 e. The van der Waals surface area contributed by atoms with Gasteiger partial charge in [-0.3, -0.25) is 0 Å². The van der Waals surface area contributed by atoms with Crippen LogP contribution in [0.1, 0.15) is 11.1 Å². The molecule has 0 bridgehead atoms. The molecule has 0 N–H and O–H groups in total. The Bertz CT molecular complexity index is 999. The molecule has 136 valence electrons. The van der Waals surface area contributed by atoms with Crippen molar-refractivity contribution in [3.63, 3.8) is 0 Å². The average Bonchev–Trinajstić information content (AvgIpc) is 2.72. The fourth-order valence-corrected chi connectivity index (χ4v) is 4.54. The van der Waals surface area contributed by atoms with Crippen LogP contribution in [0.5, 0.6) is 17.2 Å². The number of fused-ring (bicyclic) bond motifs is 2. The van der Waals surface area contributed by atoms with Crippen LogP contribution >= 0.6 is 0 Å². The topological polar surface area (TPSA) is 40.0 Å². The van der Waals surface area contributed by atoms with E-state index in [0.717, 1.165) is 39.8 Å². The summed E-state index contributed by atoms with van der Waals surface area (Å²) in [6.07, 6.45) is 0. The highest BCUT2D eigenvalue weighted by molar-refractivity contribution is 6.66. The van der Waals surface area contributed by atoms with E-state index in [2.05, 4.69) is 12.1 Å². The fourth-order valence-electron chi connectivity index (χ4n) is 3.09. The summed E-state index contributed by atoms with van der Waals surface area (Å²) in [5.74, 6) is 2.20. The van der Waals surface area contributed by atoms with Gasteiger partial charge in [-0.05, 0) is 24.3 Å². The van der Waals surface area contributed by atoms with E-state index in [9.17, 15) is 0 Å². The molecule has 0 spiro atoms. The smallest absolute Gasteiger partial charge is 0.454 e. The molecule has 3 aromatic carbocycles. The van der Waals surface area contributed by atoms with E-state index in [-0.39, 0.29) is 0 Å². The van der Waals surface area contributed by atoms with Crippen LogP contribution in [0.2, 0.25) is 13.1 Å². The third kappa shape index (κ3) is 3.59. The SMILES string of the molecule is COc1ccc2c(c1)O[Si](C)(C)Oc1ccccc1N=C2c1ccccc1. The van der Waals surface area contributed by atoms with Gasteiger partial charge in [-0.25, -0.2) is 4.99 Å². The zero-order valence-corrected chi connectivity index (χ0v) is 16.6. The lowest BCUT2D eigenvalue weighted by Crippen LogP contribution is -2.42. The van der Waals surface area contributed by atoms with Gasteiger partial charge in [0.1, 0.15) is 22.9 Å². The lowest BCUT2D eigenvalue weighted by molar-refractivity contribution is 0.391. The highest BCUT2D eigenvalue weighted by Gasteiger charge is 2.33. The second-order valence-electron chi connectivity index (χ2n) is 6.76. The van der Waals surface area contributed by atoms with Crippen LogP contribution in [-0.2, 0) is 0 Å². The van der Waals surface area contributed by atoms with Crippen LogP contribution in [0.3, 0.4) is 0 Å². The van der Waals surface area contributed by atoms with Crippen LogP contribution in [0.4, 0.5) is 5.69 Å². The molecule has 0 unspecified atom stereocenters. The van der Waals surface area contributed by atoms with Crippen molar-refractivity contribution in [2.24, 2.45) is 4.99 Å². The molecule has 1 aliphatic rings. The predicted octanol–water partition coefficient (Wildman–Crippen LogP) is 5.34. The first-order valence-electron chi connectivity index (χ1n) is 8.85. The van der Waals surface area contributed by atoms with E-state index in [0.29, 0.717) is 0 Å². The van der Waals surface area contributed by atoms with E-state index >= 15 is 0 Å². The van der Waals surface area contributed by atoms with Crippen LogP contribution < -0.4 is 13.6 Å². The molecule has 0 saturated carbocycles. The number of hydrogen-bond acceptors (Lipinski definition) is 4. The number of nitrogens with zero attached hydrogens (tertiary/aromatic N) is 1. The Labute approximate surface area is 160 Å². The Kier molecular flexibility index (Phi) is 4.45. The van der Waals surface area contributed by atoms with Crippen molar-refractivity contribution >= 4 is 20.0 Å². The molecular weight excluding hydrogens is 354 g/mol. The van der Waals surface area contributed by atoms with Gasteiger partial charge < -0.3 is 13.6 Å². The maximum atomic E-state index is 6.41. The molecule has 5 heteroatoms. The molecule has 0 atom stereocenters. The summed E-state index contributed by atoms with van der Waals surface area (Å²) >= 11 is 0. The van der Waals surface area contributed by atoms with Gasteiger partial charge >= 0.3 is 8.56 Å². The van der Waals surface area contributed by atoms with Gasteiger partial charge in [0.15, 0.2) is 0 Å². The first-order valence-corrected chi connectivity index (χ1v) is 11.7. The van der Waals surface area contributed by atoms with Crippen LogP contribution in [-0.4, -0.2) is 21.4 Å². The predicted molar refractivity (Wildman–Crippen MR) is 110 cm³/mol. The van der Waals surface area contributed by atoms with Crippen LogP contribution in [0.15, 0.2) is 77.8 Å². The Morgan fingerprint density at radius 3 is 2.30 bits per heavy atom. The Morgan fingerprint density at radius 2 is 1.52 bits per heavy atom. The van der Waals surface area contributed by atoms with Crippen molar-refractivity contribution in [3.8, 4) is 17.2 Å². The number of benzene rings is 3. The van der Waals surface area contributed by atoms with Gasteiger partial charge in [0, 0.05) is 30.3 Å². The number of para-hydroxylation sites is 2. The molecule has 0 radical (unpaired) electrons. The molecule has 0 amide bonds. The zero-order chi connectivity index (χ0) is 18.9. The molecule has 27 heavy (non-hydrogen) atoms. The summed E-state index contributed by atoms with van der Waals surface area (Å²) in [4.78, 5) is 4.98. The molecule has 1 heterocycles. The second kappa shape index (κ2) is 6.93. The number of rotatable bonds is 2. The second-order valence-corrected chi connectivity index (χ2v) is 9.97.